The fourth-order valence-electron chi connectivity index (χ4n) is 3.10. The van der Waals surface area contributed by atoms with Crippen molar-refractivity contribution in [3.8, 4) is 5.75 Å². The lowest BCUT2D eigenvalue weighted by Gasteiger charge is -2.08. The van der Waals surface area contributed by atoms with Crippen LogP contribution in [0.3, 0.4) is 0 Å². The van der Waals surface area contributed by atoms with Crippen LogP contribution in [0.25, 0.3) is 0 Å². The monoisotopic (exact) mass is 202 g/mol. The molecule has 2 atom stereocenters. The number of fused-ring (bicyclic) bond motifs is 1. The third-order valence-electron chi connectivity index (χ3n) is 4.48. The Kier molecular flexibility index (Phi) is 1.72. The molecule has 1 unspecified atom stereocenters. The molecule has 2 aliphatic rings. The van der Waals surface area contributed by atoms with Crippen LogP contribution in [-0.4, -0.2) is 6.61 Å². The van der Waals surface area contributed by atoms with Crippen molar-refractivity contribution >= 4 is 0 Å². The van der Waals surface area contributed by atoms with Crippen LogP contribution in [0.15, 0.2) is 18.2 Å². The third kappa shape index (κ3) is 1.15. The lowest BCUT2D eigenvalue weighted by Crippen LogP contribution is -1.94. The Balaban J connectivity index is 2.04. The van der Waals surface area contributed by atoms with Gasteiger partial charge >= 0.3 is 0 Å². The zero-order valence-electron chi connectivity index (χ0n) is 9.71. The van der Waals surface area contributed by atoms with Gasteiger partial charge in [0.15, 0.2) is 0 Å². The molecule has 0 aromatic heterocycles. The zero-order valence-corrected chi connectivity index (χ0v) is 9.71. The van der Waals surface area contributed by atoms with Crippen molar-refractivity contribution in [3.05, 3.63) is 29.3 Å². The molecule has 0 spiro atoms. The third-order valence-corrected chi connectivity index (χ3v) is 4.48. The van der Waals surface area contributed by atoms with Gasteiger partial charge in [0.1, 0.15) is 5.75 Å². The van der Waals surface area contributed by atoms with Crippen molar-refractivity contribution < 1.29 is 4.74 Å². The molecule has 1 aliphatic carbocycles. The van der Waals surface area contributed by atoms with Crippen LogP contribution in [-0.2, 0) is 6.42 Å². The van der Waals surface area contributed by atoms with Gasteiger partial charge in [0.05, 0.1) is 6.61 Å². The molecular formula is C14H18O. The van der Waals surface area contributed by atoms with Crippen LogP contribution in [0, 0.1) is 11.3 Å². The second-order valence-corrected chi connectivity index (χ2v) is 5.51. The van der Waals surface area contributed by atoms with E-state index in [2.05, 4.69) is 39.0 Å². The van der Waals surface area contributed by atoms with E-state index in [0.717, 1.165) is 30.6 Å². The van der Waals surface area contributed by atoms with Gasteiger partial charge in [0.25, 0.3) is 0 Å². The molecule has 0 saturated heterocycles. The second-order valence-electron chi connectivity index (χ2n) is 5.51. The molecule has 3 rings (SSSR count). The predicted molar refractivity (Wildman–Crippen MR) is 61.3 cm³/mol. The molecule has 0 amide bonds. The highest BCUT2D eigenvalue weighted by Gasteiger charge is 2.55. The van der Waals surface area contributed by atoms with Gasteiger partial charge in [-0.2, -0.15) is 0 Å². The van der Waals surface area contributed by atoms with Crippen molar-refractivity contribution in [3.63, 3.8) is 0 Å². The summed E-state index contributed by atoms with van der Waals surface area (Å²) in [7, 11) is 0. The molecule has 80 valence electrons. The first-order valence-electron chi connectivity index (χ1n) is 5.87. The Labute approximate surface area is 91.5 Å². The van der Waals surface area contributed by atoms with E-state index in [1.807, 2.05) is 0 Å². The van der Waals surface area contributed by atoms with Crippen LogP contribution < -0.4 is 4.74 Å². The van der Waals surface area contributed by atoms with E-state index in [4.69, 9.17) is 4.74 Å². The average Bonchev–Trinajstić information content (AvgIpc) is 2.63. The van der Waals surface area contributed by atoms with Crippen LogP contribution in [0.5, 0.6) is 5.75 Å². The maximum Gasteiger partial charge on any atom is 0.122 e. The Bertz CT molecular complexity index is 406. The first kappa shape index (κ1) is 9.26. The fraction of sp³-hybridized carbons (Fsp3) is 0.571. The normalized spacial score (nSPS) is 30.9. The van der Waals surface area contributed by atoms with Gasteiger partial charge in [-0.25, -0.2) is 0 Å². The molecule has 1 nitrogen and oxygen atoms in total. The molecule has 1 saturated carbocycles. The summed E-state index contributed by atoms with van der Waals surface area (Å²) >= 11 is 0. The fourth-order valence-corrected chi connectivity index (χ4v) is 3.10. The number of ether oxygens (including phenoxy) is 1. The summed E-state index contributed by atoms with van der Waals surface area (Å²) in [4.78, 5) is 0. The Morgan fingerprint density at radius 3 is 2.73 bits per heavy atom. The van der Waals surface area contributed by atoms with Gasteiger partial charge < -0.3 is 4.74 Å². The quantitative estimate of drug-likeness (QED) is 0.678. The van der Waals surface area contributed by atoms with Gasteiger partial charge in [-0.1, -0.05) is 32.9 Å². The topological polar surface area (TPSA) is 9.23 Å². The van der Waals surface area contributed by atoms with Crippen LogP contribution in [0.1, 0.15) is 37.8 Å². The van der Waals surface area contributed by atoms with Gasteiger partial charge in [-0.05, 0) is 28.9 Å². The smallest absolute Gasteiger partial charge is 0.122 e. The maximum atomic E-state index is 5.62. The van der Waals surface area contributed by atoms with Crippen LogP contribution in [0.2, 0.25) is 0 Å². The van der Waals surface area contributed by atoms with Crippen molar-refractivity contribution in [1.82, 2.24) is 0 Å². The van der Waals surface area contributed by atoms with E-state index in [1.54, 1.807) is 5.56 Å². The molecule has 1 heterocycles. The summed E-state index contributed by atoms with van der Waals surface area (Å²) in [5, 5.41) is 0. The Morgan fingerprint density at radius 2 is 2.07 bits per heavy atom. The molecule has 1 heteroatoms. The van der Waals surface area contributed by atoms with Crippen LogP contribution >= 0.6 is 0 Å². The minimum Gasteiger partial charge on any atom is -0.493 e. The van der Waals surface area contributed by atoms with Gasteiger partial charge in [0, 0.05) is 12.0 Å². The van der Waals surface area contributed by atoms with E-state index >= 15 is 0 Å². The van der Waals surface area contributed by atoms with E-state index in [-0.39, 0.29) is 0 Å². The van der Waals surface area contributed by atoms with Gasteiger partial charge in [0.2, 0.25) is 0 Å². The number of hydrogen-bond acceptors (Lipinski definition) is 1. The van der Waals surface area contributed by atoms with E-state index in [0.29, 0.717) is 5.41 Å². The summed E-state index contributed by atoms with van der Waals surface area (Å²) < 4.78 is 5.62. The molecule has 0 radical (unpaired) electrons. The van der Waals surface area contributed by atoms with Gasteiger partial charge in [-0.3, -0.25) is 0 Å². The zero-order chi connectivity index (χ0) is 10.6. The predicted octanol–water partition coefficient (Wildman–Crippen LogP) is 3.38. The number of hydrogen-bond donors (Lipinski definition) is 0. The SMILES string of the molecule is CC1[C@@H](c2cccc3c2CCO3)C1(C)C. The highest BCUT2D eigenvalue weighted by molar-refractivity contribution is 5.47. The Morgan fingerprint density at radius 1 is 1.33 bits per heavy atom. The molecule has 1 aromatic rings. The van der Waals surface area contributed by atoms with E-state index in [1.165, 1.54) is 5.56 Å². The maximum absolute atomic E-state index is 5.62. The molecule has 1 aromatic carbocycles. The highest BCUT2D eigenvalue weighted by Crippen LogP contribution is 2.65. The highest BCUT2D eigenvalue weighted by atomic mass is 16.5. The number of benzene rings is 1. The first-order valence-corrected chi connectivity index (χ1v) is 5.87. The summed E-state index contributed by atoms with van der Waals surface area (Å²) in [5.74, 6) is 2.68. The lowest BCUT2D eigenvalue weighted by molar-refractivity contribution is 0.357. The summed E-state index contributed by atoms with van der Waals surface area (Å²) in [6.07, 6.45) is 1.10. The number of rotatable bonds is 1. The molecular weight excluding hydrogens is 184 g/mol. The first-order chi connectivity index (χ1) is 7.12. The summed E-state index contributed by atoms with van der Waals surface area (Å²) in [6.45, 7) is 7.98. The van der Waals surface area contributed by atoms with E-state index < -0.39 is 0 Å². The van der Waals surface area contributed by atoms with Crippen molar-refractivity contribution in [1.29, 1.82) is 0 Å². The standard InChI is InChI=1S/C14H18O/c1-9-13(14(9,2)3)11-5-4-6-12-10(11)7-8-15-12/h4-6,9,13H,7-8H2,1-3H3/t9?,13-/m0/s1. The van der Waals surface area contributed by atoms with Crippen molar-refractivity contribution in [2.75, 3.05) is 6.61 Å². The lowest BCUT2D eigenvalue weighted by atomic mass is 9.97. The van der Waals surface area contributed by atoms with E-state index in [9.17, 15) is 0 Å². The summed E-state index contributed by atoms with van der Waals surface area (Å²) in [5.41, 5.74) is 3.50. The average molecular weight is 202 g/mol. The van der Waals surface area contributed by atoms with Crippen LogP contribution in [0.4, 0.5) is 0 Å². The minimum atomic E-state index is 0.484. The largest absolute Gasteiger partial charge is 0.493 e. The Hall–Kier alpha value is -0.980. The molecule has 1 fully saturated rings. The molecule has 15 heavy (non-hydrogen) atoms. The molecule has 0 bridgehead atoms. The molecule has 1 aliphatic heterocycles. The summed E-state index contributed by atoms with van der Waals surface area (Å²) in [6, 6.07) is 6.54. The van der Waals surface area contributed by atoms with Crippen molar-refractivity contribution in [2.45, 2.75) is 33.1 Å². The molecule has 0 N–H and O–H groups in total. The second kappa shape index (κ2) is 2.78. The van der Waals surface area contributed by atoms with Gasteiger partial charge in [-0.15, -0.1) is 0 Å². The van der Waals surface area contributed by atoms with Crippen molar-refractivity contribution in [2.24, 2.45) is 11.3 Å². The minimum absolute atomic E-state index is 0.484.